The third-order valence-electron chi connectivity index (χ3n) is 6.99. The van der Waals surface area contributed by atoms with Crippen LogP contribution in [0.1, 0.15) is 37.8 Å². The number of benzene rings is 2. The number of thioether (sulfide) groups is 1. The van der Waals surface area contributed by atoms with Crippen LogP contribution >= 0.6 is 11.8 Å². The SMILES string of the molecule is CCOc1cc(C2=NN(Cc3ccc(N(CCCN4CCNCC4)C(=O)O)cc3)C(=O)SC2CC)ccc1OC. The topological polar surface area (TPSA) is 107 Å². The number of ether oxygens (including phenoxy) is 2. The highest BCUT2D eigenvalue weighted by Gasteiger charge is 2.31. The van der Waals surface area contributed by atoms with E-state index in [0.29, 0.717) is 30.3 Å². The molecule has 2 heterocycles. The zero-order valence-electron chi connectivity index (χ0n) is 23.5. The van der Waals surface area contributed by atoms with Crippen LogP contribution in [0.2, 0.25) is 0 Å². The first-order chi connectivity index (χ1) is 19.4. The fraction of sp³-hybridized carbons (Fsp3) is 0.483. The maximum Gasteiger partial charge on any atom is 0.411 e. The number of rotatable bonds is 12. The van der Waals surface area contributed by atoms with Gasteiger partial charge in [-0.15, -0.1) is 0 Å². The van der Waals surface area contributed by atoms with Crippen LogP contribution in [0.5, 0.6) is 11.5 Å². The first-order valence-corrected chi connectivity index (χ1v) is 14.7. The molecule has 2 amide bonds. The summed E-state index contributed by atoms with van der Waals surface area (Å²) in [7, 11) is 1.61. The Morgan fingerprint density at radius 1 is 1.15 bits per heavy atom. The van der Waals surface area contributed by atoms with Crippen LogP contribution in [0.15, 0.2) is 47.6 Å². The average Bonchev–Trinajstić information content (AvgIpc) is 2.97. The quantitative estimate of drug-likeness (QED) is 0.378. The predicted octanol–water partition coefficient (Wildman–Crippen LogP) is 4.73. The van der Waals surface area contributed by atoms with E-state index < -0.39 is 6.09 Å². The van der Waals surface area contributed by atoms with Crippen molar-refractivity contribution in [3.63, 3.8) is 0 Å². The summed E-state index contributed by atoms with van der Waals surface area (Å²) in [5.74, 6) is 1.29. The molecule has 216 valence electrons. The van der Waals surface area contributed by atoms with E-state index >= 15 is 0 Å². The first-order valence-electron chi connectivity index (χ1n) is 13.8. The Morgan fingerprint density at radius 3 is 2.55 bits per heavy atom. The van der Waals surface area contributed by atoms with Gasteiger partial charge in [0.1, 0.15) is 0 Å². The zero-order chi connectivity index (χ0) is 28.5. The molecule has 4 rings (SSSR count). The number of carbonyl (C=O) groups excluding carboxylic acids is 1. The van der Waals surface area contributed by atoms with Crippen LogP contribution in [0, 0.1) is 0 Å². The van der Waals surface area contributed by atoms with Gasteiger partial charge in [0.05, 0.1) is 31.2 Å². The Morgan fingerprint density at radius 2 is 1.90 bits per heavy atom. The van der Waals surface area contributed by atoms with E-state index in [0.717, 1.165) is 62.4 Å². The molecule has 0 radical (unpaired) electrons. The minimum Gasteiger partial charge on any atom is -0.493 e. The largest absolute Gasteiger partial charge is 0.493 e. The molecule has 2 aromatic rings. The van der Waals surface area contributed by atoms with Crippen molar-refractivity contribution in [1.29, 1.82) is 0 Å². The lowest BCUT2D eigenvalue weighted by Crippen LogP contribution is -2.44. The van der Waals surface area contributed by atoms with E-state index in [9.17, 15) is 14.7 Å². The summed E-state index contributed by atoms with van der Waals surface area (Å²) in [5.41, 5.74) is 3.18. The van der Waals surface area contributed by atoms with Crippen LogP contribution in [-0.4, -0.2) is 90.3 Å². The van der Waals surface area contributed by atoms with Gasteiger partial charge in [0.15, 0.2) is 11.5 Å². The Hall–Kier alpha value is -3.28. The number of nitrogens with zero attached hydrogens (tertiary/aromatic N) is 4. The number of anilines is 1. The molecule has 1 unspecified atom stereocenters. The molecule has 10 nitrogen and oxygen atoms in total. The highest BCUT2D eigenvalue weighted by Crippen LogP contribution is 2.34. The number of hydrogen-bond acceptors (Lipinski definition) is 8. The highest BCUT2D eigenvalue weighted by molar-refractivity contribution is 8.14. The van der Waals surface area contributed by atoms with Gasteiger partial charge in [0.25, 0.3) is 0 Å². The fourth-order valence-corrected chi connectivity index (χ4v) is 5.81. The van der Waals surface area contributed by atoms with Gasteiger partial charge in [-0.1, -0.05) is 30.8 Å². The van der Waals surface area contributed by atoms with E-state index in [1.165, 1.54) is 21.7 Å². The Kier molecular flexibility index (Phi) is 10.7. The van der Waals surface area contributed by atoms with Gasteiger partial charge in [0, 0.05) is 44.0 Å². The monoisotopic (exact) mass is 569 g/mol. The second-order valence-electron chi connectivity index (χ2n) is 9.67. The van der Waals surface area contributed by atoms with Crippen molar-refractivity contribution in [3.8, 4) is 11.5 Å². The van der Waals surface area contributed by atoms with Crippen LogP contribution in [0.25, 0.3) is 0 Å². The molecular formula is C29H39N5O5S. The second-order valence-corrected chi connectivity index (χ2v) is 10.8. The Bertz CT molecular complexity index is 1190. The summed E-state index contributed by atoms with van der Waals surface area (Å²) in [6, 6.07) is 13.0. The lowest BCUT2D eigenvalue weighted by atomic mass is 10.0. The molecule has 0 aliphatic carbocycles. The van der Waals surface area contributed by atoms with Crippen LogP contribution in [-0.2, 0) is 6.54 Å². The number of hydrogen-bond donors (Lipinski definition) is 2. The minimum atomic E-state index is -0.971. The molecule has 0 spiro atoms. The van der Waals surface area contributed by atoms with Crippen molar-refractivity contribution in [3.05, 3.63) is 53.6 Å². The summed E-state index contributed by atoms with van der Waals surface area (Å²) in [4.78, 5) is 28.7. The van der Waals surface area contributed by atoms with Gasteiger partial charge in [-0.25, -0.2) is 9.80 Å². The van der Waals surface area contributed by atoms with Gasteiger partial charge in [-0.2, -0.15) is 5.10 Å². The molecule has 1 fully saturated rings. The molecule has 1 saturated heterocycles. The van der Waals surface area contributed by atoms with Crippen LogP contribution in [0.3, 0.4) is 0 Å². The van der Waals surface area contributed by atoms with Crippen molar-refractivity contribution in [2.24, 2.45) is 5.10 Å². The van der Waals surface area contributed by atoms with E-state index in [2.05, 4.69) is 10.2 Å². The Balaban J connectivity index is 1.46. The van der Waals surface area contributed by atoms with Crippen LogP contribution < -0.4 is 19.7 Å². The number of amides is 2. The molecule has 0 saturated carbocycles. The molecule has 2 aliphatic heterocycles. The standard InChI is InChI=1S/C29H39N5O5S/c1-4-26-27(22-9-12-24(38-3)25(19-22)39-5-2)31-34(29(37)40-26)20-21-7-10-23(11-8-21)33(28(35)36)16-6-15-32-17-13-30-14-18-32/h7-12,19,26,30H,4-6,13-18,20H2,1-3H3,(H,35,36). The van der Waals surface area contributed by atoms with Crippen molar-refractivity contribution in [2.75, 3.05) is 57.9 Å². The maximum atomic E-state index is 13.0. The van der Waals surface area contributed by atoms with E-state index in [1.807, 2.05) is 44.2 Å². The second kappa shape index (κ2) is 14.4. The minimum absolute atomic E-state index is 0.0701. The third-order valence-corrected chi connectivity index (χ3v) is 8.25. The third kappa shape index (κ3) is 7.47. The zero-order valence-corrected chi connectivity index (χ0v) is 24.3. The number of nitrogens with one attached hydrogen (secondary N) is 1. The lowest BCUT2D eigenvalue weighted by Gasteiger charge is -2.29. The first kappa shape index (κ1) is 29.7. The van der Waals surface area contributed by atoms with E-state index in [4.69, 9.17) is 14.6 Å². The summed E-state index contributed by atoms with van der Waals surface area (Å²) in [5, 5.41) is 19.2. The van der Waals surface area contributed by atoms with Gasteiger partial charge in [-0.3, -0.25) is 9.69 Å². The van der Waals surface area contributed by atoms with Crippen molar-refractivity contribution >= 4 is 34.5 Å². The highest BCUT2D eigenvalue weighted by atomic mass is 32.2. The predicted molar refractivity (Wildman–Crippen MR) is 159 cm³/mol. The van der Waals surface area contributed by atoms with E-state index in [-0.39, 0.29) is 17.0 Å². The van der Waals surface area contributed by atoms with E-state index in [1.54, 1.807) is 19.2 Å². The van der Waals surface area contributed by atoms with Gasteiger partial charge in [-0.05, 0) is 62.2 Å². The van der Waals surface area contributed by atoms with Crippen LogP contribution in [0.4, 0.5) is 15.3 Å². The fourth-order valence-electron chi connectivity index (χ4n) is 4.87. The average molecular weight is 570 g/mol. The van der Waals surface area contributed by atoms with Crippen molar-refractivity contribution in [1.82, 2.24) is 15.2 Å². The molecule has 0 aromatic heterocycles. The maximum absolute atomic E-state index is 13.0. The molecule has 11 heteroatoms. The summed E-state index contributed by atoms with van der Waals surface area (Å²) in [6.45, 7) is 9.99. The summed E-state index contributed by atoms with van der Waals surface area (Å²) in [6.07, 6.45) is 0.550. The number of carboxylic acid groups (broad SMARTS) is 1. The van der Waals surface area contributed by atoms with Gasteiger partial charge < -0.3 is 24.8 Å². The molecule has 2 aliphatic rings. The molecule has 2 N–H and O–H groups in total. The van der Waals surface area contributed by atoms with Crippen molar-refractivity contribution < 1.29 is 24.2 Å². The lowest BCUT2D eigenvalue weighted by molar-refractivity contribution is 0.200. The number of carbonyl (C=O) groups is 2. The number of methoxy groups -OCH3 is 1. The van der Waals surface area contributed by atoms with Gasteiger partial charge >= 0.3 is 11.3 Å². The smallest absolute Gasteiger partial charge is 0.411 e. The molecule has 1 atom stereocenters. The normalized spacial score (nSPS) is 17.9. The van der Waals surface area contributed by atoms with Crippen molar-refractivity contribution in [2.45, 2.75) is 38.5 Å². The molecule has 2 aromatic carbocycles. The Labute approximate surface area is 240 Å². The molecular weight excluding hydrogens is 530 g/mol. The number of piperazine rings is 1. The molecule has 0 bridgehead atoms. The molecule has 40 heavy (non-hydrogen) atoms. The summed E-state index contributed by atoms with van der Waals surface area (Å²) >= 11 is 1.27. The summed E-state index contributed by atoms with van der Waals surface area (Å²) < 4.78 is 11.2. The van der Waals surface area contributed by atoms with Gasteiger partial charge in [0.2, 0.25) is 0 Å². The number of hydrazone groups is 1.